The molecule has 0 unspecified atom stereocenters. The van der Waals surface area contributed by atoms with Gasteiger partial charge in [0.05, 0.1) is 0 Å². The van der Waals surface area contributed by atoms with Crippen LogP contribution >= 0.6 is 45.3 Å². The van der Waals surface area contributed by atoms with E-state index in [4.69, 9.17) is 22.1 Å². The average molecular weight is 1860 g/mol. The third kappa shape index (κ3) is 18.5. The summed E-state index contributed by atoms with van der Waals surface area (Å²) in [5.41, 5.74) is 26.3. The Morgan fingerprint density at radius 1 is 0.145 bits per heavy atom. The number of fused-ring (bicyclic) bond motifs is 27. The first-order valence-electron chi connectivity index (χ1n) is 46.7. The highest BCUT2D eigenvalue weighted by Crippen LogP contribution is 2.42. The third-order valence-corrected chi connectivity index (χ3v) is 30.3. The van der Waals surface area contributed by atoms with Crippen LogP contribution in [0.2, 0.25) is 0 Å². The molecule has 0 N–H and O–H groups in total. The molecule has 0 aliphatic heterocycles. The Bertz CT molecular complexity index is 9130. The monoisotopic (exact) mass is 1850 g/mol. The van der Waals surface area contributed by atoms with Gasteiger partial charge < -0.3 is 22.1 Å². The molecular formula is C129H98O5S4. The van der Waals surface area contributed by atoms with Crippen LogP contribution in [0.15, 0.2) is 453 Å². The van der Waals surface area contributed by atoms with Gasteiger partial charge in [-0.25, -0.2) is 0 Å². The lowest BCUT2D eigenvalue weighted by Crippen LogP contribution is -1.79. The second-order valence-electron chi connectivity index (χ2n) is 35.3. The van der Waals surface area contributed by atoms with E-state index in [1.54, 1.807) is 0 Å². The van der Waals surface area contributed by atoms with E-state index in [0.717, 1.165) is 55.8 Å². The summed E-state index contributed by atoms with van der Waals surface area (Å²) in [6, 6.07) is 150. The lowest BCUT2D eigenvalue weighted by Gasteiger charge is -2.03. The SMILES string of the molecule is Cc1ccc(-c2ccc3oc4ccccc4c3c2)cc1.Cc1ccc2c(c1)oc1ccccc12.Cc1ccc2c(c1)sc1ccccc12.Cc1ccc2sc3ccccc3c2c1.Cc1cccc(-c2ccc3oc4ccccc4c3c2)c1.Cc1cccc2c1oc1ccccc12.Cc1cccc2c1sc1ccccc12.Cc1cccc2oc3ccccc3c12.Cc1cccc2sc3ccccc3c12. The van der Waals surface area contributed by atoms with Crippen molar-refractivity contribution in [3.05, 3.63) is 481 Å². The van der Waals surface area contributed by atoms with E-state index >= 15 is 0 Å². The number of rotatable bonds is 2. The molecule has 138 heavy (non-hydrogen) atoms. The van der Waals surface area contributed by atoms with E-state index in [-0.39, 0.29) is 0 Å². The number of aryl methyl sites for hydroxylation is 9. The van der Waals surface area contributed by atoms with E-state index in [9.17, 15) is 0 Å². The quantitative estimate of drug-likeness (QED) is 0.173. The highest BCUT2D eigenvalue weighted by atomic mass is 32.1. The maximum atomic E-state index is 5.87. The van der Waals surface area contributed by atoms with Crippen molar-refractivity contribution in [2.24, 2.45) is 0 Å². The molecule has 29 aromatic rings. The first-order chi connectivity index (χ1) is 67.6. The number of hydrogen-bond donors (Lipinski definition) is 0. The topological polar surface area (TPSA) is 65.7 Å². The number of furan rings is 5. The van der Waals surface area contributed by atoms with Crippen molar-refractivity contribution in [3.8, 4) is 22.3 Å². The Labute approximate surface area is 816 Å². The largest absolute Gasteiger partial charge is 0.456 e. The van der Waals surface area contributed by atoms with Crippen LogP contribution in [0.3, 0.4) is 0 Å². The summed E-state index contributed by atoms with van der Waals surface area (Å²) in [6.07, 6.45) is 0. The first-order valence-corrected chi connectivity index (χ1v) is 49.9. The number of hydrogen-bond acceptors (Lipinski definition) is 9. The summed E-state index contributed by atoms with van der Waals surface area (Å²) >= 11 is 7.51. The fourth-order valence-electron chi connectivity index (χ4n) is 18.6. The molecule has 0 amide bonds. The summed E-state index contributed by atoms with van der Waals surface area (Å²) in [6.45, 7) is 19.1. The summed E-state index contributed by atoms with van der Waals surface area (Å²) < 4.78 is 40.1. The summed E-state index contributed by atoms with van der Waals surface area (Å²) in [7, 11) is 0. The molecule has 5 nitrogen and oxygen atoms in total. The van der Waals surface area contributed by atoms with Gasteiger partial charge in [0.15, 0.2) is 0 Å². The second-order valence-corrected chi connectivity index (χ2v) is 39.6. The van der Waals surface area contributed by atoms with E-state index in [2.05, 4.69) is 402 Å². The first kappa shape index (κ1) is 88.8. The van der Waals surface area contributed by atoms with Crippen molar-refractivity contribution in [1.29, 1.82) is 0 Å². The molecule has 9 aromatic heterocycles. The predicted octanol–water partition coefficient (Wildman–Crippen LogP) is 40.3. The molecule has 0 saturated heterocycles. The van der Waals surface area contributed by atoms with Gasteiger partial charge in [0.25, 0.3) is 0 Å². The number of benzene rings is 20. The molecule has 0 aliphatic rings. The van der Waals surface area contributed by atoms with Gasteiger partial charge in [-0.3, -0.25) is 0 Å². The van der Waals surface area contributed by atoms with Crippen LogP contribution in [0.4, 0.5) is 0 Å². The fraction of sp³-hybridized carbons (Fsp3) is 0.0698. The van der Waals surface area contributed by atoms with Crippen molar-refractivity contribution in [2.75, 3.05) is 0 Å². The molecule has 0 bridgehead atoms. The Morgan fingerprint density at radius 3 is 1.11 bits per heavy atom. The van der Waals surface area contributed by atoms with Crippen LogP contribution in [0.5, 0.6) is 0 Å². The van der Waals surface area contributed by atoms with Crippen LogP contribution in [0, 0.1) is 62.3 Å². The van der Waals surface area contributed by atoms with Gasteiger partial charge in [0.1, 0.15) is 55.8 Å². The Kier molecular flexibility index (Phi) is 25.3. The highest BCUT2D eigenvalue weighted by Gasteiger charge is 2.16. The van der Waals surface area contributed by atoms with Crippen LogP contribution in [0.25, 0.3) is 213 Å². The minimum absolute atomic E-state index is 0.946. The lowest BCUT2D eigenvalue weighted by molar-refractivity contribution is 0.665. The van der Waals surface area contributed by atoms with E-state index in [0.29, 0.717) is 0 Å². The standard InChI is InChI=1S/2C19H14O.3C13H10O.4C13H10S/c1-13-5-4-6-14(11-13)15-9-10-19-17(12-15)16-7-2-3-8-18(16)20-19;1-13-6-8-14(9-7-13)15-10-11-19-17(12-15)16-4-2-3-5-18(16)20-19;1-9-5-4-7-11-10-6-2-3-8-12(10)14-13(9)11;1-9-5-4-8-12-13(9)10-6-2-3-7-11(10)14-12;1-9-6-7-11-10-4-2-3-5-12(10)14-13(11)8-9;1-9-5-4-7-11-10-6-2-3-8-12(10)14-13(9)11;1-9-5-4-8-12-13(9)10-6-2-3-7-11(10)14-12;1-9-6-7-13-11(8-9)10-4-2-3-5-12(10)14-13;1-9-6-7-11-10-4-2-3-5-12(10)14-13(11)8-9/h2*2-12H,1H3;7*2-8H,1H3. The molecule has 0 saturated carbocycles. The van der Waals surface area contributed by atoms with Crippen LogP contribution in [0.1, 0.15) is 50.1 Å². The predicted molar refractivity (Wildman–Crippen MR) is 599 cm³/mol. The Hall–Kier alpha value is -15.7. The van der Waals surface area contributed by atoms with Gasteiger partial charge in [0, 0.05) is 135 Å². The maximum Gasteiger partial charge on any atom is 0.138 e. The summed E-state index contributed by atoms with van der Waals surface area (Å²) in [5, 5.41) is 23.1. The molecular weight excluding hydrogens is 1760 g/mol. The molecule has 9 heteroatoms. The Morgan fingerprint density at radius 2 is 0.486 bits per heavy atom. The van der Waals surface area contributed by atoms with E-state index in [1.807, 2.05) is 136 Å². The van der Waals surface area contributed by atoms with Gasteiger partial charge in [-0.15, -0.1) is 45.3 Å². The van der Waals surface area contributed by atoms with Crippen molar-refractivity contribution >= 4 is 236 Å². The molecule has 0 atom stereocenters. The maximum absolute atomic E-state index is 5.87. The van der Waals surface area contributed by atoms with Crippen molar-refractivity contribution in [2.45, 2.75) is 62.3 Å². The van der Waals surface area contributed by atoms with Gasteiger partial charge in [0.2, 0.25) is 0 Å². The second kappa shape index (κ2) is 39.3. The van der Waals surface area contributed by atoms with Crippen molar-refractivity contribution < 1.29 is 22.1 Å². The smallest absolute Gasteiger partial charge is 0.138 e. The van der Waals surface area contributed by atoms with Crippen LogP contribution in [-0.4, -0.2) is 0 Å². The molecule has 668 valence electrons. The fourth-order valence-corrected chi connectivity index (χ4v) is 23.2. The minimum Gasteiger partial charge on any atom is -0.456 e. The normalized spacial score (nSPS) is 11.2. The van der Waals surface area contributed by atoms with Gasteiger partial charge in [-0.1, -0.05) is 332 Å². The van der Waals surface area contributed by atoms with Crippen molar-refractivity contribution in [1.82, 2.24) is 0 Å². The molecule has 0 fully saturated rings. The number of thiophene rings is 4. The Balaban J connectivity index is 0.0000000929. The highest BCUT2D eigenvalue weighted by molar-refractivity contribution is 7.27. The molecule has 0 radical (unpaired) electrons. The third-order valence-electron chi connectivity index (χ3n) is 25.5. The van der Waals surface area contributed by atoms with E-state index in [1.165, 1.54) is 207 Å². The van der Waals surface area contributed by atoms with Crippen molar-refractivity contribution in [3.63, 3.8) is 0 Å². The van der Waals surface area contributed by atoms with Crippen LogP contribution < -0.4 is 0 Å². The zero-order valence-corrected chi connectivity index (χ0v) is 81.4. The zero-order chi connectivity index (χ0) is 93.9. The average Bonchev–Trinajstić information content (AvgIpc) is 1.61. The number of para-hydroxylation sites is 6. The van der Waals surface area contributed by atoms with Gasteiger partial charge in [-0.05, 0) is 233 Å². The molecule has 0 aliphatic carbocycles. The molecule has 9 heterocycles. The minimum atomic E-state index is 0.946. The van der Waals surface area contributed by atoms with Gasteiger partial charge >= 0.3 is 0 Å². The van der Waals surface area contributed by atoms with Gasteiger partial charge in [-0.2, -0.15) is 0 Å². The van der Waals surface area contributed by atoms with Crippen LogP contribution in [-0.2, 0) is 0 Å². The zero-order valence-electron chi connectivity index (χ0n) is 78.2. The van der Waals surface area contributed by atoms with E-state index < -0.39 is 0 Å². The lowest BCUT2D eigenvalue weighted by atomic mass is 10.0. The molecule has 20 aromatic carbocycles. The summed E-state index contributed by atoms with van der Waals surface area (Å²) in [4.78, 5) is 0. The summed E-state index contributed by atoms with van der Waals surface area (Å²) in [5.74, 6) is 0. The molecule has 0 spiro atoms. The molecule has 29 rings (SSSR count).